The molecular formula is C21H32ClIN8O. The van der Waals surface area contributed by atoms with Gasteiger partial charge >= 0.3 is 0 Å². The van der Waals surface area contributed by atoms with Crippen molar-refractivity contribution in [2.45, 2.75) is 26.8 Å². The molecule has 3 rings (SSSR count). The molecule has 1 aromatic heterocycles. The zero-order valence-corrected chi connectivity index (χ0v) is 21.7. The highest BCUT2D eigenvalue weighted by atomic mass is 127. The van der Waals surface area contributed by atoms with Crippen molar-refractivity contribution in [3.63, 3.8) is 0 Å². The number of hydrogen-bond donors (Lipinski definition) is 2. The number of carbonyl (C=O) groups is 1. The number of rotatable bonds is 8. The van der Waals surface area contributed by atoms with Gasteiger partial charge in [-0.3, -0.25) is 4.79 Å². The first-order chi connectivity index (χ1) is 15.1. The van der Waals surface area contributed by atoms with E-state index in [2.05, 4.69) is 37.6 Å². The first-order valence-electron chi connectivity index (χ1n) is 10.8. The molecule has 0 saturated carbocycles. The standard InChI is InChI=1S/C21H31ClN8O.HI/c1-3-19-27-26-16-30(19)10-9-24-21(23-4-2)25-15-20(31)29-13-11-28(12-14-29)18-7-5-17(22)6-8-18;/h5-8,16H,3-4,9-15H2,1-2H3,(H2,23,24,25);1H. The van der Waals surface area contributed by atoms with Crippen molar-refractivity contribution in [1.82, 2.24) is 30.3 Å². The molecule has 0 bridgehead atoms. The number of hydrogen-bond acceptors (Lipinski definition) is 5. The molecule has 176 valence electrons. The summed E-state index contributed by atoms with van der Waals surface area (Å²) in [6, 6.07) is 7.82. The maximum Gasteiger partial charge on any atom is 0.244 e. The van der Waals surface area contributed by atoms with Crippen LogP contribution in [0.4, 0.5) is 5.69 Å². The second-order valence-corrected chi connectivity index (χ2v) is 7.70. The van der Waals surface area contributed by atoms with Crippen LogP contribution in [0.2, 0.25) is 5.02 Å². The highest BCUT2D eigenvalue weighted by Gasteiger charge is 2.21. The molecular weight excluding hydrogens is 543 g/mol. The first kappa shape index (κ1) is 26.2. The Hall–Kier alpha value is -2.08. The monoisotopic (exact) mass is 574 g/mol. The number of amides is 1. The number of nitrogens with one attached hydrogen (secondary N) is 2. The lowest BCUT2D eigenvalue weighted by molar-refractivity contribution is -0.129. The van der Waals surface area contributed by atoms with Gasteiger partial charge in [-0.05, 0) is 31.2 Å². The smallest absolute Gasteiger partial charge is 0.244 e. The normalized spacial score (nSPS) is 14.2. The lowest BCUT2D eigenvalue weighted by atomic mass is 10.2. The summed E-state index contributed by atoms with van der Waals surface area (Å²) in [7, 11) is 0. The number of aromatic nitrogens is 3. The van der Waals surface area contributed by atoms with Crippen molar-refractivity contribution in [2.24, 2.45) is 4.99 Å². The summed E-state index contributed by atoms with van der Waals surface area (Å²) in [4.78, 5) is 21.3. The molecule has 0 atom stereocenters. The fraction of sp³-hybridized carbons (Fsp3) is 0.524. The van der Waals surface area contributed by atoms with Gasteiger partial charge < -0.3 is 25.0 Å². The molecule has 11 heteroatoms. The number of halogens is 2. The second-order valence-electron chi connectivity index (χ2n) is 7.26. The van der Waals surface area contributed by atoms with Crippen molar-refractivity contribution in [3.8, 4) is 0 Å². The van der Waals surface area contributed by atoms with Crippen LogP contribution in [0, 0.1) is 0 Å². The van der Waals surface area contributed by atoms with Gasteiger partial charge in [-0.25, -0.2) is 4.99 Å². The Morgan fingerprint density at radius 3 is 2.50 bits per heavy atom. The van der Waals surface area contributed by atoms with Crippen molar-refractivity contribution in [3.05, 3.63) is 41.4 Å². The van der Waals surface area contributed by atoms with E-state index < -0.39 is 0 Å². The van der Waals surface area contributed by atoms with Gasteiger partial charge in [0.15, 0.2) is 5.96 Å². The Labute approximate surface area is 211 Å². The molecule has 2 heterocycles. The second kappa shape index (κ2) is 13.5. The van der Waals surface area contributed by atoms with Crippen LogP contribution in [0.3, 0.4) is 0 Å². The number of aryl methyl sites for hydroxylation is 1. The zero-order valence-electron chi connectivity index (χ0n) is 18.6. The summed E-state index contributed by atoms with van der Waals surface area (Å²) >= 11 is 5.97. The molecule has 1 saturated heterocycles. The predicted octanol–water partition coefficient (Wildman–Crippen LogP) is 2.02. The van der Waals surface area contributed by atoms with Crippen molar-refractivity contribution in [2.75, 3.05) is 50.7 Å². The van der Waals surface area contributed by atoms with E-state index in [1.165, 1.54) is 0 Å². The number of carbonyl (C=O) groups excluding carboxylic acids is 1. The van der Waals surface area contributed by atoms with E-state index in [0.29, 0.717) is 25.6 Å². The molecule has 2 aromatic rings. The third kappa shape index (κ3) is 7.51. The summed E-state index contributed by atoms with van der Waals surface area (Å²) in [6.07, 6.45) is 2.58. The largest absolute Gasteiger partial charge is 0.368 e. The third-order valence-electron chi connectivity index (χ3n) is 5.20. The molecule has 9 nitrogen and oxygen atoms in total. The summed E-state index contributed by atoms with van der Waals surface area (Å²) in [5, 5.41) is 15.2. The minimum absolute atomic E-state index is 0. The molecule has 0 spiro atoms. The summed E-state index contributed by atoms with van der Waals surface area (Å²) in [6.45, 7) is 9.30. The summed E-state index contributed by atoms with van der Waals surface area (Å²) in [5.41, 5.74) is 1.13. The summed E-state index contributed by atoms with van der Waals surface area (Å²) < 4.78 is 2.02. The molecule has 0 aliphatic carbocycles. The average molecular weight is 575 g/mol. The van der Waals surface area contributed by atoms with Crippen LogP contribution < -0.4 is 15.5 Å². The van der Waals surface area contributed by atoms with Crippen molar-refractivity contribution >= 4 is 53.1 Å². The SMILES string of the molecule is CCNC(=NCC(=O)N1CCN(c2ccc(Cl)cc2)CC1)NCCn1cnnc1CC.I. The molecule has 0 unspecified atom stereocenters. The van der Waals surface area contributed by atoms with Gasteiger partial charge in [0.2, 0.25) is 5.91 Å². The zero-order chi connectivity index (χ0) is 22.1. The van der Waals surface area contributed by atoms with Gasteiger partial charge in [-0.2, -0.15) is 0 Å². The highest BCUT2D eigenvalue weighted by molar-refractivity contribution is 14.0. The van der Waals surface area contributed by atoms with Crippen LogP contribution in [0.15, 0.2) is 35.6 Å². The fourth-order valence-electron chi connectivity index (χ4n) is 3.49. The van der Waals surface area contributed by atoms with Gasteiger partial charge in [0.1, 0.15) is 18.7 Å². The lowest BCUT2D eigenvalue weighted by Crippen LogP contribution is -2.49. The van der Waals surface area contributed by atoms with Crippen LogP contribution in [-0.4, -0.2) is 77.3 Å². The fourth-order valence-corrected chi connectivity index (χ4v) is 3.61. The minimum Gasteiger partial charge on any atom is -0.368 e. The van der Waals surface area contributed by atoms with Gasteiger partial charge in [0.25, 0.3) is 0 Å². The van der Waals surface area contributed by atoms with E-state index in [9.17, 15) is 4.79 Å². The van der Waals surface area contributed by atoms with Crippen molar-refractivity contribution in [1.29, 1.82) is 0 Å². The van der Waals surface area contributed by atoms with E-state index in [-0.39, 0.29) is 36.4 Å². The Kier molecular flexibility index (Phi) is 11.0. The van der Waals surface area contributed by atoms with Crippen LogP contribution in [0.1, 0.15) is 19.7 Å². The van der Waals surface area contributed by atoms with Crippen LogP contribution >= 0.6 is 35.6 Å². The molecule has 2 N–H and O–H groups in total. The van der Waals surface area contributed by atoms with E-state index in [4.69, 9.17) is 11.6 Å². The van der Waals surface area contributed by atoms with E-state index in [0.717, 1.165) is 49.1 Å². The van der Waals surface area contributed by atoms with E-state index in [1.54, 1.807) is 6.33 Å². The maximum atomic E-state index is 12.6. The topological polar surface area (TPSA) is 90.7 Å². The molecule has 32 heavy (non-hydrogen) atoms. The van der Waals surface area contributed by atoms with E-state index in [1.807, 2.05) is 40.7 Å². The molecule has 1 aliphatic rings. The van der Waals surface area contributed by atoms with Gasteiger partial charge in [-0.1, -0.05) is 18.5 Å². The van der Waals surface area contributed by atoms with Gasteiger partial charge in [-0.15, -0.1) is 34.2 Å². The van der Waals surface area contributed by atoms with E-state index >= 15 is 0 Å². The maximum absolute atomic E-state index is 12.6. The third-order valence-corrected chi connectivity index (χ3v) is 5.45. The molecule has 1 aliphatic heterocycles. The summed E-state index contributed by atoms with van der Waals surface area (Å²) in [5.74, 6) is 1.64. The van der Waals surface area contributed by atoms with Crippen molar-refractivity contribution < 1.29 is 4.79 Å². The Balaban J connectivity index is 0.00000363. The Morgan fingerprint density at radius 1 is 1.12 bits per heavy atom. The molecule has 0 radical (unpaired) electrons. The number of benzene rings is 1. The minimum atomic E-state index is 0. The van der Waals surface area contributed by atoms with Gasteiger partial charge in [0, 0.05) is 62.9 Å². The first-order valence-corrected chi connectivity index (χ1v) is 11.2. The molecule has 1 aromatic carbocycles. The quantitative estimate of drug-likeness (QED) is 0.285. The predicted molar refractivity (Wildman–Crippen MR) is 139 cm³/mol. The lowest BCUT2D eigenvalue weighted by Gasteiger charge is -2.36. The number of guanidine groups is 1. The number of aliphatic imine (C=N–C) groups is 1. The van der Waals surface area contributed by atoms with Gasteiger partial charge in [0.05, 0.1) is 0 Å². The Bertz CT molecular complexity index is 865. The Morgan fingerprint density at radius 2 is 1.84 bits per heavy atom. The average Bonchev–Trinajstić information content (AvgIpc) is 3.25. The number of nitrogens with zero attached hydrogens (tertiary/aromatic N) is 6. The van der Waals surface area contributed by atoms with Crippen LogP contribution in [0.25, 0.3) is 0 Å². The van der Waals surface area contributed by atoms with Crippen LogP contribution in [-0.2, 0) is 17.8 Å². The van der Waals surface area contributed by atoms with Crippen LogP contribution in [0.5, 0.6) is 0 Å². The number of anilines is 1. The molecule has 1 fully saturated rings. The highest BCUT2D eigenvalue weighted by Crippen LogP contribution is 2.19. The molecule has 1 amide bonds. The number of piperazine rings is 1.